The fourth-order valence-corrected chi connectivity index (χ4v) is 5.57. The smallest absolute Gasteiger partial charge is 0.408 e. The fraction of sp³-hybridized carbons (Fsp3) is 0.448. The number of benzene rings is 1. The van der Waals surface area contributed by atoms with Crippen molar-refractivity contribution in [3.8, 4) is 12.1 Å². The van der Waals surface area contributed by atoms with Crippen LogP contribution in [0.5, 0.6) is 0 Å². The van der Waals surface area contributed by atoms with Gasteiger partial charge in [-0.25, -0.2) is 9.78 Å². The van der Waals surface area contributed by atoms with Gasteiger partial charge in [0.15, 0.2) is 0 Å². The van der Waals surface area contributed by atoms with Gasteiger partial charge >= 0.3 is 6.09 Å². The highest BCUT2D eigenvalue weighted by Gasteiger charge is 2.29. The minimum atomic E-state index is -0.767. The minimum absolute atomic E-state index is 0.125. The summed E-state index contributed by atoms with van der Waals surface area (Å²) in [7, 11) is 0. The first-order valence-corrected chi connectivity index (χ1v) is 14.2. The van der Waals surface area contributed by atoms with Crippen molar-refractivity contribution in [2.75, 3.05) is 24.5 Å². The van der Waals surface area contributed by atoms with Crippen LogP contribution in [0.1, 0.15) is 68.0 Å². The number of carbonyl (C=O) groups excluding carboxylic acids is 3. The molecule has 41 heavy (non-hydrogen) atoms. The molecule has 11 nitrogen and oxygen atoms in total. The van der Waals surface area contributed by atoms with Gasteiger partial charge in [0.2, 0.25) is 11.8 Å². The number of nitrogens with zero attached hydrogens (tertiary/aromatic N) is 4. The number of nitrogens with one attached hydrogen (secondary N) is 2. The molecule has 0 spiro atoms. The lowest BCUT2D eigenvalue weighted by Crippen LogP contribution is -2.48. The summed E-state index contributed by atoms with van der Waals surface area (Å²) in [4.78, 5) is 43.3. The molecule has 3 rings (SSSR count). The molecule has 1 saturated heterocycles. The Morgan fingerprint density at radius 1 is 1.15 bits per heavy atom. The van der Waals surface area contributed by atoms with Gasteiger partial charge in [-0.2, -0.15) is 10.5 Å². The Labute approximate surface area is 244 Å². The maximum atomic E-state index is 12.4. The number of aromatic nitrogens is 1. The lowest BCUT2D eigenvalue weighted by atomic mass is 10.00. The summed E-state index contributed by atoms with van der Waals surface area (Å²) in [5.41, 5.74) is 6.93. The van der Waals surface area contributed by atoms with E-state index in [1.165, 1.54) is 0 Å². The van der Waals surface area contributed by atoms with Crippen molar-refractivity contribution in [2.45, 2.75) is 68.9 Å². The normalized spacial score (nSPS) is 14.3. The van der Waals surface area contributed by atoms with Crippen LogP contribution in [0.3, 0.4) is 0 Å². The number of carbonyl (C=O) groups is 3. The molecule has 1 aromatic heterocycles. The minimum Gasteiger partial charge on any atom is -0.444 e. The van der Waals surface area contributed by atoms with Crippen LogP contribution in [0, 0.1) is 22.7 Å². The Morgan fingerprint density at radius 3 is 2.32 bits per heavy atom. The monoisotopic (exact) mass is 577 g/mol. The van der Waals surface area contributed by atoms with Gasteiger partial charge in [-0.3, -0.25) is 9.59 Å². The molecule has 216 valence electrons. The fourth-order valence-electron chi connectivity index (χ4n) is 4.51. The number of hydrogen-bond acceptors (Lipinski definition) is 9. The van der Waals surface area contributed by atoms with E-state index in [4.69, 9.17) is 15.5 Å². The van der Waals surface area contributed by atoms with E-state index in [0.717, 1.165) is 11.8 Å². The molecule has 0 bridgehead atoms. The molecular formula is C29H35N7O4S. The zero-order valence-corrected chi connectivity index (χ0v) is 24.5. The maximum absolute atomic E-state index is 12.4. The highest BCUT2D eigenvalue weighted by atomic mass is 32.2. The van der Waals surface area contributed by atoms with Gasteiger partial charge in [-0.05, 0) is 51.2 Å². The van der Waals surface area contributed by atoms with E-state index in [1.54, 1.807) is 32.9 Å². The van der Waals surface area contributed by atoms with Gasteiger partial charge in [0.05, 0.1) is 11.1 Å². The number of nitrogens with two attached hydrogens (primary N) is 1. The van der Waals surface area contributed by atoms with E-state index in [-0.39, 0.29) is 24.1 Å². The average molecular weight is 578 g/mol. The van der Waals surface area contributed by atoms with Crippen molar-refractivity contribution in [1.29, 1.82) is 10.5 Å². The topological polar surface area (TPSA) is 174 Å². The number of pyridine rings is 1. The van der Waals surface area contributed by atoms with E-state index in [2.05, 4.69) is 22.8 Å². The van der Waals surface area contributed by atoms with Crippen molar-refractivity contribution in [3.05, 3.63) is 52.6 Å². The zero-order valence-electron chi connectivity index (χ0n) is 23.7. The van der Waals surface area contributed by atoms with Crippen LogP contribution in [-0.2, 0) is 20.7 Å². The van der Waals surface area contributed by atoms with E-state index in [1.807, 2.05) is 30.0 Å². The van der Waals surface area contributed by atoms with Crippen LogP contribution in [0.4, 0.5) is 10.6 Å². The number of alkyl carbamates (subject to hydrolysis) is 1. The third-order valence-electron chi connectivity index (χ3n) is 6.37. The van der Waals surface area contributed by atoms with Crippen molar-refractivity contribution < 1.29 is 19.1 Å². The molecule has 0 radical (unpaired) electrons. The molecule has 1 atom stereocenters. The molecule has 1 aliphatic heterocycles. The highest BCUT2D eigenvalue weighted by Crippen LogP contribution is 2.39. The summed E-state index contributed by atoms with van der Waals surface area (Å²) < 4.78 is 5.15. The highest BCUT2D eigenvalue weighted by molar-refractivity contribution is 8.00. The van der Waals surface area contributed by atoms with Gasteiger partial charge < -0.3 is 26.0 Å². The largest absolute Gasteiger partial charge is 0.444 e. The lowest BCUT2D eigenvalue weighted by Gasteiger charge is -2.34. The quantitative estimate of drug-likeness (QED) is 0.378. The lowest BCUT2D eigenvalue weighted by molar-refractivity contribution is -0.121. The van der Waals surface area contributed by atoms with E-state index < -0.39 is 22.9 Å². The first-order chi connectivity index (χ1) is 19.5. The standard InChI is InChI=1S/C29H35N7O4S/c1-5-20-21(15-30)26(35-27(22(20)16-31)41-24(25(32)38)18-9-7-6-8-10-18)36-13-11-19(12-14-36)34-23(37)17-33-28(39)40-29(2,3)4/h6-10,19,24H,5,11-14,17H2,1-4H3,(H2,32,38)(H,33,39)(H,34,37). The molecule has 1 aromatic carbocycles. The molecule has 1 aliphatic rings. The first-order valence-electron chi connectivity index (χ1n) is 13.4. The molecule has 1 fully saturated rings. The van der Waals surface area contributed by atoms with Crippen molar-refractivity contribution >= 4 is 35.5 Å². The number of nitriles is 2. The number of hydrogen-bond donors (Lipinski definition) is 3. The summed E-state index contributed by atoms with van der Waals surface area (Å²) in [6.45, 7) is 7.90. The zero-order chi connectivity index (χ0) is 30.2. The van der Waals surface area contributed by atoms with Gasteiger partial charge in [0.25, 0.3) is 0 Å². The first kappa shape index (κ1) is 31.2. The number of thioether (sulfide) groups is 1. The Morgan fingerprint density at radius 2 is 1.78 bits per heavy atom. The number of ether oxygens (including phenoxy) is 1. The number of primary amides is 1. The number of rotatable bonds is 9. The van der Waals surface area contributed by atoms with Gasteiger partial charge in [-0.1, -0.05) is 49.0 Å². The summed E-state index contributed by atoms with van der Waals surface area (Å²) in [6.07, 6.45) is 0.939. The summed E-state index contributed by atoms with van der Waals surface area (Å²) in [6, 6.07) is 13.3. The Kier molecular flexibility index (Phi) is 10.6. The molecule has 4 N–H and O–H groups in total. The maximum Gasteiger partial charge on any atom is 0.408 e. The summed E-state index contributed by atoms with van der Waals surface area (Å²) >= 11 is 1.10. The van der Waals surface area contributed by atoms with Crippen LogP contribution in [0.2, 0.25) is 0 Å². The van der Waals surface area contributed by atoms with Crippen molar-refractivity contribution in [1.82, 2.24) is 15.6 Å². The number of anilines is 1. The van der Waals surface area contributed by atoms with Gasteiger partial charge in [0.1, 0.15) is 40.4 Å². The second-order valence-corrected chi connectivity index (χ2v) is 11.6. The predicted octanol–water partition coefficient (Wildman–Crippen LogP) is 3.32. The van der Waals surface area contributed by atoms with Crippen molar-refractivity contribution in [3.63, 3.8) is 0 Å². The predicted molar refractivity (Wildman–Crippen MR) is 155 cm³/mol. The molecular weight excluding hydrogens is 542 g/mol. The third-order valence-corrected chi connectivity index (χ3v) is 7.63. The summed E-state index contributed by atoms with van der Waals surface area (Å²) in [5, 5.41) is 25.0. The van der Waals surface area contributed by atoms with Crippen LogP contribution >= 0.6 is 11.8 Å². The van der Waals surface area contributed by atoms with E-state index in [0.29, 0.717) is 59.9 Å². The molecule has 3 amide bonds. The molecule has 0 saturated carbocycles. The van der Waals surface area contributed by atoms with E-state index in [9.17, 15) is 24.9 Å². The second-order valence-electron chi connectivity index (χ2n) is 10.5. The average Bonchev–Trinajstić information content (AvgIpc) is 2.93. The SMILES string of the molecule is CCc1c(C#N)c(SC(C(N)=O)c2ccccc2)nc(N2CCC(NC(=O)CNC(=O)OC(C)(C)C)CC2)c1C#N. The van der Waals surface area contributed by atoms with Crippen LogP contribution < -0.4 is 21.3 Å². The Hall–Kier alpha value is -4.29. The van der Waals surface area contributed by atoms with Crippen molar-refractivity contribution in [2.24, 2.45) is 5.73 Å². The molecule has 1 unspecified atom stereocenters. The molecule has 2 aromatic rings. The number of amides is 3. The van der Waals surface area contributed by atoms with Crippen LogP contribution in [0.25, 0.3) is 0 Å². The summed E-state index contributed by atoms with van der Waals surface area (Å²) in [5.74, 6) is -0.444. The second kappa shape index (κ2) is 13.9. The van der Waals surface area contributed by atoms with Gasteiger partial charge in [0, 0.05) is 19.1 Å². The van der Waals surface area contributed by atoms with Gasteiger partial charge in [-0.15, -0.1) is 0 Å². The Bertz CT molecular complexity index is 1350. The third kappa shape index (κ3) is 8.35. The molecule has 2 heterocycles. The van der Waals surface area contributed by atoms with Crippen LogP contribution in [0.15, 0.2) is 35.4 Å². The molecule has 0 aliphatic carbocycles. The van der Waals surface area contributed by atoms with Crippen LogP contribution in [-0.4, -0.2) is 54.2 Å². The Balaban J connectivity index is 1.77. The molecule has 12 heteroatoms. The number of piperidine rings is 1. The van der Waals surface area contributed by atoms with E-state index >= 15 is 0 Å².